The Morgan fingerprint density at radius 1 is 1.45 bits per heavy atom. The van der Waals surface area contributed by atoms with E-state index >= 15 is 0 Å². The van der Waals surface area contributed by atoms with E-state index in [9.17, 15) is 4.79 Å². The van der Waals surface area contributed by atoms with Crippen molar-refractivity contribution in [2.75, 3.05) is 13.7 Å². The standard InChI is InChI=1S/C16H24N2O2/c1-16(2)13(10-14(16)20-3)18-15(19)12-7-5-4-6-11(12)8-9-17/h4-7,13-14H,8-10,17H2,1-3H3,(H,18,19). The van der Waals surface area contributed by atoms with Crippen molar-refractivity contribution in [3.8, 4) is 0 Å². The lowest BCUT2D eigenvalue weighted by Gasteiger charge is -2.51. The van der Waals surface area contributed by atoms with E-state index in [1.165, 1.54) is 0 Å². The van der Waals surface area contributed by atoms with Gasteiger partial charge in [-0.25, -0.2) is 0 Å². The number of nitrogens with two attached hydrogens (primary N) is 1. The molecule has 1 aromatic rings. The Morgan fingerprint density at radius 3 is 2.75 bits per heavy atom. The molecule has 0 saturated heterocycles. The van der Waals surface area contributed by atoms with Gasteiger partial charge in [-0.15, -0.1) is 0 Å². The number of hydrogen-bond donors (Lipinski definition) is 2. The summed E-state index contributed by atoms with van der Waals surface area (Å²) in [6.07, 6.45) is 1.80. The van der Waals surface area contributed by atoms with Crippen molar-refractivity contribution in [3.05, 3.63) is 35.4 Å². The number of benzene rings is 1. The first-order chi connectivity index (χ1) is 9.50. The number of amides is 1. The fraction of sp³-hybridized carbons (Fsp3) is 0.562. The van der Waals surface area contributed by atoms with Gasteiger partial charge >= 0.3 is 0 Å². The predicted octanol–water partition coefficient (Wildman–Crippen LogP) is 1.73. The molecule has 0 spiro atoms. The van der Waals surface area contributed by atoms with Crippen LogP contribution in [0.5, 0.6) is 0 Å². The van der Waals surface area contributed by atoms with E-state index < -0.39 is 0 Å². The van der Waals surface area contributed by atoms with Gasteiger partial charge in [0.05, 0.1) is 6.10 Å². The number of methoxy groups -OCH3 is 1. The van der Waals surface area contributed by atoms with E-state index in [4.69, 9.17) is 10.5 Å². The van der Waals surface area contributed by atoms with Gasteiger partial charge in [-0.2, -0.15) is 0 Å². The molecule has 0 radical (unpaired) electrons. The Morgan fingerprint density at radius 2 is 2.15 bits per heavy atom. The van der Waals surface area contributed by atoms with E-state index in [1.54, 1.807) is 7.11 Å². The normalized spacial score (nSPS) is 24.0. The predicted molar refractivity (Wildman–Crippen MR) is 79.6 cm³/mol. The molecule has 1 fully saturated rings. The molecule has 20 heavy (non-hydrogen) atoms. The summed E-state index contributed by atoms with van der Waals surface area (Å²) in [5.74, 6) is -0.0123. The molecule has 0 aliphatic heterocycles. The Hall–Kier alpha value is -1.39. The summed E-state index contributed by atoms with van der Waals surface area (Å²) in [6.45, 7) is 4.80. The van der Waals surface area contributed by atoms with Crippen LogP contribution in [0.4, 0.5) is 0 Å². The molecule has 4 nitrogen and oxygen atoms in total. The fourth-order valence-electron chi connectivity index (χ4n) is 2.88. The van der Waals surface area contributed by atoms with Gasteiger partial charge in [0.2, 0.25) is 0 Å². The molecule has 2 rings (SSSR count). The third-order valence-electron chi connectivity index (χ3n) is 4.44. The molecule has 2 atom stereocenters. The Bertz CT molecular complexity index is 485. The number of hydrogen-bond acceptors (Lipinski definition) is 3. The zero-order valence-electron chi connectivity index (χ0n) is 12.5. The van der Waals surface area contributed by atoms with Crippen molar-refractivity contribution in [2.45, 2.75) is 38.8 Å². The number of carbonyl (C=O) groups excluding carboxylic acids is 1. The second-order valence-electron chi connectivity index (χ2n) is 6.00. The maximum atomic E-state index is 12.4. The molecule has 3 N–H and O–H groups in total. The van der Waals surface area contributed by atoms with Crippen LogP contribution in [0.3, 0.4) is 0 Å². The van der Waals surface area contributed by atoms with Gasteiger partial charge in [0.25, 0.3) is 5.91 Å². The van der Waals surface area contributed by atoms with Crippen molar-refractivity contribution in [1.29, 1.82) is 0 Å². The summed E-state index contributed by atoms with van der Waals surface area (Å²) >= 11 is 0. The minimum absolute atomic E-state index is 0.0123. The fourth-order valence-corrected chi connectivity index (χ4v) is 2.88. The van der Waals surface area contributed by atoms with Gasteiger partial charge in [0.1, 0.15) is 0 Å². The van der Waals surface area contributed by atoms with Crippen LogP contribution in [-0.2, 0) is 11.2 Å². The maximum absolute atomic E-state index is 12.4. The molecule has 2 unspecified atom stereocenters. The van der Waals surface area contributed by atoms with Crippen LogP contribution >= 0.6 is 0 Å². The molecule has 110 valence electrons. The zero-order chi connectivity index (χ0) is 14.8. The van der Waals surface area contributed by atoms with Crippen LogP contribution in [0.15, 0.2) is 24.3 Å². The van der Waals surface area contributed by atoms with Gasteiger partial charge in [0.15, 0.2) is 0 Å². The minimum Gasteiger partial charge on any atom is -0.381 e. The van der Waals surface area contributed by atoms with Crippen LogP contribution in [0.25, 0.3) is 0 Å². The molecular weight excluding hydrogens is 252 g/mol. The van der Waals surface area contributed by atoms with Crippen LogP contribution in [-0.4, -0.2) is 31.7 Å². The van der Waals surface area contributed by atoms with Crippen LogP contribution < -0.4 is 11.1 Å². The summed E-state index contributed by atoms with van der Waals surface area (Å²) in [5.41, 5.74) is 7.32. The lowest BCUT2D eigenvalue weighted by atomic mass is 9.64. The van der Waals surface area contributed by atoms with Gasteiger partial charge < -0.3 is 15.8 Å². The first-order valence-electron chi connectivity index (χ1n) is 7.12. The second-order valence-corrected chi connectivity index (χ2v) is 6.00. The zero-order valence-corrected chi connectivity index (χ0v) is 12.5. The molecule has 1 aliphatic rings. The van der Waals surface area contributed by atoms with E-state index in [0.29, 0.717) is 6.54 Å². The first-order valence-corrected chi connectivity index (χ1v) is 7.12. The van der Waals surface area contributed by atoms with Gasteiger partial charge in [-0.05, 0) is 31.0 Å². The van der Waals surface area contributed by atoms with Crippen LogP contribution in [0, 0.1) is 5.41 Å². The molecular formula is C16H24N2O2. The molecule has 0 heterocycles. The average molecular weight is 276 g/mol. The van der Waals surface area contributed by atoms with E-state index in [0.717, 1.165) is 24.0 Å². The smallest absolute Gasteiger partial charge is 0.251 e. The molecule has 1 saturated carbocycles. The third-order valence-corrected chi connectivity index (χ3v) is 4.44. The van der Waals surface area contributed by atoms with Gasteiger partial charge in [0, 0.05) is 24.1 Å². The summed E-state index contributed by atoms with van der Waals surface area (Å²) in [6, 6.07) is 7.81. The van der Waals surface area contributed by atoms with Crippen LogP contribution in [0.1, 0.15) is 36.2 Å². The maximum Gasteiger partial charge on any atom is 0.251 e. The van der Waals surface area contributed by atoms with Crippen molar-refractivity contribution in [1.82, 2.24) is 5.32 Å². The summed E-state index contributed by atoms with van der Waals surface area (Å²) in [5, 5.41) is 3.13. The van der Waals surface area contributed by atoms with E-state index in [2.05, 4.69) is 19.2 Å². The molecule has 1 aliphatic carbocycles. The molecule has 1 amide bonds. The van der Waals surface area contributed by atoms with Crippen molar-refractivity contribution in [2.24, 2.45) is 11.1 Å². The monoisotopic (exact) mass is 276 g/mol. The van der Waals surface area contributed by atoms with Gasteiger partial charge in [-0.3, -0.25) is 4.79 Å². The largest absolute Gasteiger partial charge is 0.381 e. The van der Waals surface area contributed by atoms with E-state index in [-0.39, 0.29) is 23.5 Å². The highest BCUT2D eigenvalue weighted by molar-refractivity contribution is 5.96. The summed E-state index contributed by atoms with van der Waals surface area (Å²) < 4.78 is 5.41. The summed E-state index contributed by atoms with van der Waals surface area (Å²) in [4.78, 5) is 12.4. The SMILES string of the molecule is COC1CC(NC(=O)c2ccccc2CCN)C1(C)C. The minimum atomic E-state index is -0.0206. The summed E-state index contributed by atoms with van der Waals surface area (Å²) in [7, 11) is 1.72. The highest BCUT2D eigenvalue weighted by Crippen LogP contribution is 2.42. The number of rotatable bonds is 5. The molecule has 1 aromatic carbocycles. The van der Waals surface area contributed by atoms with Crippen molar-refractivity contribution in [3.63, 3.8) is 0 Å². The highest BCUT2D eigenvalue weighted by atomic mass is 16.5. The number of nitrogens with one attached hydrogen (secondary N) is 1. The lowest BCUT2D eigenvalue weighted by molar-refractivity contribution is -0.0942. The Kier molecular flexibility index (Phi) is 4.45. The number of ether oxygens (including phenoxy) is 1. The average Bonchev–Trinajstić information content (AvgIpc) is 2.43. The third kappa shape index (κ3) is 2.72. The Balaban J connectivity index is 2.07. The van der Waals surface area contributed by atoms with Crippen molar-refractivity contribution < 1.29 is 9.53 Å². The molecule has 4 heteroatoms. The van der Waals surface area contributed by atoms with Crippen molar-refractivity contribution >= 4 is 5.91 Å². The topological polar surface area (TPSA) is 64.3 Å². The van der Waals surface area contributed by atoms with Gasteiger partial charge in [-0.1, -0.05) is 32.0 Å². The second kappa shape index (κ2) is 5.94. The Labute approximate surface area is 120 Å². The highest BCUT2D eigenvalue weighted by Gasteiger charge is 2.49. The molecule has 0 bridgehead atoms. The first kappa shape index (κ1) is 15.0. The molecule has 0 aromatic heterocycles. The van der Waals surface area contributed by atoms with Crippen LogP contribution in [0.2, 0.25) is 0 Å². The quantitative estimate of drug-likeness (QED) is 0.861. The van der Waals surface area contributed by atoms with E-state index in [1.807, 2.05) is 24.3 Å². The number of carbonyl (C=O) groups is 1. The lowest BCUT2D eigenvalue weighted by Crippen LogP contribution is -2.61.